The zero-order valence-electron chi connectivity index (χ0n) is 14.3. The van der Waals surface area contributed by atoms with Gasteiger partial charge in [-0.15, -0.1) is 0 Å². The molecule has 0 aliphatic carbocycles. The lowest BCUT2D eigenvalue weighted by Gasteiger charge is -2.09. The van der Waals surface area contributed by atoms with Crippen LogP contribution in [0.3, 0.4) is 0 Å². The number of hydrogen-bond donors (Lipinski definition) is 1. The van der Waals surface area contributed by atoms with Gasteiger partial charge in [0.15, 0.2) is 0 Å². The summed E-state index contributed by atoms with van der Waals surface area (Å²) in [4.78, 5) is 12.4. The molecule has 0 bridgehead atoms. The number of nitriles is 1. The number of aryl methyl sites for hydroxylation is 3. The summed E-state index contributed by atoms with van der Waals surface area (Å²) in [6, 6.07) is 13.0. The monoisotopic (exact) mass is 320 g/mol. The Kier molecular flexibility index (Phi) is 5.39. The first-order valence-corrected chi connectivity index (χ1v) is 7.59. The second-order valence-corrected chi connectivity index (χ2v) is 5.66. The third-order valence-corrected chi connectivity index (χ3v) is 3.74. The molecule has 2 rings (SSSR count). The fourth-order valence-electron chi connectivity index (χ4n) is 2.58. The van der Waals surface area contributed by atoms with Gasteiger partial charge in [0.1, 0.15) is 17.4 Å². The number of amides is 1. The van der Waals surface area contributed by atoms with Crippen LogP contribution >= 0.6 is 0 Å². The fraction of sp³-hybridized carbons (Fsp3) is 0.200. The average molecular weight is 320 g/mol. The molecular formula is C20H20N2O2. The Bertz CT molecular complexity index is 805. The third-order valence-electron chi connectivity index (χ3n) is 3.74. The molecule has 0 saturated heterocycles. The molecule has 0 spiro atoms. The molecule has 0 aliphatic rings. The summed E-state index contributed by atoms with van der Waals surface area (Å²) in [7, 11) is 1.58. The van der Waals surface area contributed by atoms with Crippen molar-refractivity contribution in [3.8, 4) is 11.8 Å². The maximum Gasteiger partial charge on any atom is 0.266 e. The Morgan fingerprint density at radius 3 is 2.21 bits per heavy atom. The predicted octanol–water partition coefficient (Wildman–Crippen LogP) is 4.17. The van der Waals surface area contributed by atoms with Crippen LogP contribution < -0.4 is 10.1 Å². The highest BCUT2D eigenvalue weighted by Crippen LogP contribution is 2.20. The number of methoxy groups -OCH3 is 1. The molecule has 2 aromatic rings. The molecule has 2 aromatic carbocycles. The summed E-state index contributed by atoms with van der Waals surface area (Å²) in [5.74, 6) is 0.275. The molecular weight excluding hydrogens is 300 g/mol. The van der Waals surface area contributed by atoms with Gasteiger partial charge in [0.25, 0.3) is 5.91 Å². The van der Waals surface area contributed by atoms with E-state index >= 15 is 0 Å². The molecule has 4 heteroatoms. The first kappa shape index (κ1) is 17.3. The van der Waals surface area contributed by atoms with Crippen molar-refractivity contribution in [2.45, 2.75) is 20.8 Å². The minimum absolute atomic E-state index is 0.0703. The quantitative estimate of drug-likeness (QED) is 0.679. The first-order chi connectivity index (χ1) is 11.4. The van der Waals surface area contributed by atoms with E-state index in [1.807, 2.05) is 39.0 Å². The lowest BCUT2D eigenvalue weighted by atomic mass is 9.98. The Morgan fingerprint density at radius 2 is 1.71 bits per heavy atom. The van der Waals surface area contributed by atoms with Gasteiger partial charge < -0.3 is 10.1 Å². The van der Waals surface area contributed by atoms with Crippen LogP contribution in [0.15, 0.2) is 42.0 Å². The highest BCUT2D eigenvalue weighted by molar-refractivity contribution is 6.09. The van der Waals surface area contributed by atoms with Crippen LogP contribution in [0.2, 0.25) is 0 Å². The lowest BCUT2D eigenvalue weighted by Crippen LogP contribution is -2.13. The third kappa shape index (κ3) is 4.02. The summed E-state index contributed by atoms with van der Waals surface area (Å²) in [6.07, 6.45) is 1.64. The molecule has 0 fully saturated rings. The van der Waals surface area contributed by atoms with E-state index in [0.717, 1.165) is 22.3 Å². The maximum atomic E-state index is 12.4. The standard InChI is InChI=1S/C20H20N2O2/c1-13-9-14(2)19(15(3)10-13)11-16(12-21)20(23)22-17-5-7-18(24-4)8-6-17/h5-11H,1-4H3,(H,22,23)/b16-11+. The zero-order valence-corrected chi connectivity index (χ0v) is 14.3. The second kappa shape index (κ2) is 7.47. The van der Waals surface area contributed by atoms with Crippen LogP contribution in [0.4, 0.5) is 5.69 Å². The van der Waals surface area contributed by atoms with Crippen LogP contribution in [-0.2, 0) is 4.79 Å². The van der Waals surface area contributed by atoms with Crippen LogP contribution in [0.1, 0.15) is 22.3 Å². The van der Waals surface area contributed by atoms with Gasteiger partial charge in [0, 0.05) is 5.69 Å². The first-order valence-electron chi connectivity index (χ1n) is 7.59. The van der Waals surface area contributed by atoms with Gasteiger partial charge in [-0.2, -0.15) is 5.26 Å². The predicted molar refractivity (Wildman–Crippen MR) is 95.9 cm³/mol. The van der Waals surface area contributed by atoms with E-state index in [1.165, 1.54) is 0 Å². The Hall–Kier alpha value is -3.06. The van der Waals surface area contributed by atoms with Gasteiger partial charge in [-0.05, 0) is 67.8 Å². The van der Waals surface area contributed by atoms with E-state index in [1.54, 1.807) is 37.5 Å². The van der Waals surface area contributed by atoms with Crippen molar-refractivity contribution in [2.75, 3.05) is 12.4 Å². The molecule has 1 N–H and O–H groups in total. The molecule has 0 aromatic heterocycles. The Balaban J connectivity index is 2.27. The van der Waals surface area contributed by atoms with Crippen LogP contribution in [-0.4, -0.2) is 13.0 Å². The van der Waals surface area contributed by atoms with Crippen molar-refractivity contribution in [3.05, 3.63) is 64.2 Å². The van der Waals surface area contributed by atoms with E-state index in [9.17, 15) is 10.1 Å². The largest absolute Gasteiger partial charge is 0.497 e. The molecule has 0 saturated carbocycles. The van der Waals surface area contributed by atoms with E-state index < -0.39 is 5.91 Å². The van der Waals surface area contributed by atoms with Crippen molar-refractivity contribution in [1.82, 2.24) is 0 Å². The Labute approximate surface area is 142 Å². The molecule has 0 heterocycles. The van der Waals surface area contributed by atoms with E-state index in [0.29, 0.717) is 11.4 Å². The van der Waals surface area contributed by atoms with Crippen molar-refractivity contribution < 1.29 is 9.53 Å². The summed E-state index contributed by atoms with van der Waals surface area (Å²) >= 11 is 0. The van der Waals surface area contributed by atoms with Crippen LogP contribution in [0.5, 0.6) is 5.75 Å². The molecule has 24 heavy (non-hydrogen) atoms. The highest BCUT2D eigenvalue weighted by atomic mass is 16.5. The van der Waals surface area contributed by atoms with E-state index in [4.69, 9.17) is 4.74 Å². The van der Waals surface area contributed by atoms with Crippen LogP contribution in [0, 0.1) is 32.1 Å². The molecule has 0 atom stereocenters. The number of ether oxygens (including phenoxy) is 1. The van der Waals surface area contributed by atoms with Crippen molar-refractivity contribution >= 4 is 17.7 Å². The summed E-state index contributed by atoms with van der Waals surface area (Å²) in [6.45, 7) is 5.97. The smallest absolute Gasteiger partial charge is 0.266 e. The van der Waals surface area contributed by atoms with Crippen molar-refractivity contribution in [1.29, 1.82) is 5.26 Å². The number of rotatable bonds is 4. The van der Waals surface area contributed by atoms with Crippen molar-refractivity contribution in [2.24, 2.45) is 0 Å². The molecule has 1 amide bonds. The number of benzene rings is 2. The number of carbonyl (C=O) groups excluding carboxylic acids is 1. The lowest BCUT2D eigenvalue weighted by molar-refractivity contribution is -0.112. The topological polar surface area (TPSA) is 62.1 Å². The summed E-state index contributed by atoms with van der Waals surface area (Å²) < 4.78 is 5.08. The number of nitrogens with one attached hydrogen (secondary N) is 1. The number of nitrogens with zero attached hydrogens (tertiary/aromatic N) is 1. The molecule has 0 radical (unpaired) electrons. The summed E-state index contributed by atoms with van der Waals surface area (Å²) in [5, 5.41) is 12.1. The van der Waals surface area contributed by atoms with Crippen LogP contribution in [0.25, 0.3) is 6.08 Å². The molecule has 0 unspecified atom stereocenters. The van der Waals surface area contributed by atoms with E-state index in [-0.39, 0.29) is 5.57 Å². The van der Waals surface area contributed by atoms with Gasteiger partial charge >= 0.3 is 0 Å². The van der Waals surface area contributed by atoms with Gasteiger partial charge in [-0.25, -0.2) is 0 Å². The van der Waals surface area contributed by atoms with Gasteiger partial charge in [0.2, 0.25) is 0 Å². The SMILES string of the molecule is COc1ccc(NC(=O)/C(C#N)=C/c2c(C)cc(C)cc2C)cc1. The van der Waals surface area contributed by atoms with Crippen molar-refractivity contribution in [3.63, 3.8) is 0 Å². The van der Waals surface area contributed by atoms with Gasteiger partial charge in [-0.1, -0.05) is 17.7 Å². The van der Waals surface area contributed by atoms with Gasteiger partial charge in [-0.3, -0.25) is 4.79 Å². The zero-order chi connectivity index (χ0) is 17.7. The maximum absolute atomic E-state index is 12.4. The number of anilines is 1. The highest BCUT2D eigenvalue weighted by Gasteiger charge is 2.11. The minimum Gasteiger partial charge on any atom is -0.497 e. The van der Waals surface area contributed by atoms with Gasteiger partial charge in [0.05, 0.1) is 7.11 Å². The number of carbonyl (C=O) groups is 1. The Morgan fingerprint density at radius 1 is 1.12 bits per heavy atom. The average Bonchev–Trinajstić information content (AvgIpc) is 2.54. The summed E-state index contributed by atoms with van der Waals surface area (Å²) in [5.41, 5.74) is 4.82. The normalized spacial score (nSPS) is 10.9. The molecule has 0 aliphatic heterocycles. The minimum atomic E-state index is -0.429. The molecule has 122 valence electrons. The van der Waals surface area contributed by atoms with E-state index in [2.05, 4.69) is 5.32 Å². The molecule has 4 nitrogen and oxygen atoms in total. The fourth-order valence-corrected chi connectivity index (χ4v) is 2.58. The second-order valence-electron chi connectivity index (χ2n) is 5.66. The number of hydrogen-bond acceptors (Lipinski definition) is 3.